The third-order valence-corrected chi connectivity index (χ3v) is 3.27. The van der Waals surface area contributed by atoms with E-state index in [0.717, 1.165) is 11.3 Å². The highest BCUT2D eigenvalue weighted by Crippen LogP contribution is 2.19. The van der Waals surface area contributed by atoms with Crippen LogP contribution in [0.4, 0.5) is 5.69 Å². The Hall–Kier alpha value is -2.07. The largest absolute Gasteiger partial charge is 0.387 e. The maximum absolute atomic E-state index is 12.3. The number of aromatic nitrogens is 1. The smallest absolute Gasteiger partial charge is 0.255 e. The highest BCUT2D eigenvalue weighted by molar-refractivity contribution is 6.30. The van der Waals surface area contributed by atoms with Gasteiger partial charge in [-0.1, -0.05) is 23.7 Å². The van der Waals surface area contributed by atoms with Crippen molar-refractivity contribution in [3.63, 3.8) is 0 Å². The summed E-state index contributed by atoms with van der Waals surface area (Å²) in [4.78, 5) is 16.3. The number of anilines is 1. The Morgan fingerprint density at radius 2 is 2.15 bits per heavy atom. The fourth-order valence-electron chi connectivity index (χ4n) is 1.93. The molecule has 2 aromatic rings. The van der Waals surface area contributed by atoms with Crippen molar-refractivity contribution in [3.05, 3.63) is 58.9 Å². The Morgan fingerprint density at radius 3 is 2.85 bits per heavy atom. The summed E-state index contributed by atoms with van der Waals surface area (Å²) in [6.07, 6.45) is 3.19. The number of nitrogens with one attached hydrogen (secondary N) is 2. The zero-order valence-corrected chi connectivity index (χ0v) is 12.1. The Labute approximate surface area is 123 Å². The Bertz CT molecular complexity index is 616. The van der Waals surface area contributed by atoms with Crippen LogP contribution in [0.3, 0.4) is 0 Å². The molecule has 0 bridgehead atoms. The average molecular weight is 290 g/mol. The SMILES string of the molecule is CNc1ccncc1C(=O)NC(C)c1cccc(Cl)c1. The van der Waals surface area contributed by atoms with Crippen molar-refractivity contribution in [1.82, 2.24) is 10.3 Å². The van der Waals surface area contributed by atoms with E-state index in [1.165, 1.54) is 0 Å². The van der Waals surface area contributed by atoms with Gasteiger partial charge in [0.1, 0.15) is 0 Å². The first-order chi connectivity index (χ1) is 9.61. The van der Waals surface area contributed by atoms with Gasteiger partial charge in [0.15, 0.2) is 0 Å². The van der Waals surface area contributed by atoms with Gasteiger partial charge in [-0.25, -0.2) is 0 Å². The minimum atomic E-state index is -0.171. The van der Waals surface area contributed by atoms with E-state index in [4.69, 9.17) is 11.6 Å². The first kappa shape index (κ1) is 14.3. The van der Waals surface area contributed by atoms with Crippen LogP contribution >= 0.6 is 11.6 Å². The van der Waals surface area contributed by atoms with Crippen LogP contribution in [0.25, 0.3) is 0 Å². The van der Waals surface area contributed by atoms with E-state index in [2.05, 4.69) is 15.6 Å². The van der Waals surface area contributed by atoms with Crippen LogP contribution in [0.15, 0.2) is 42.7 Å². The molecule has 0 aliphatic rings. The summed E-state index contributed by atoms with van der Waals surface area (Å²) in [5.74, 6) is -0.171. The molecule has 104 valence electrons. The molecule has 4 nitrogen and oxygen atoms in total. The van der Waals surface area contributed by atoms with E-state index in [1.54, 1.807) is 31.6 Å². The molecular formula is C15H16ClN3O. The second-order valence-electron chi connectivity index (χ2n) is 4.42. The number of amides is 1. The molecule has 2 N–H and O–H groups in total. The van der Waals surface area contributed by atoms with E-state index >= 15 is 0 Å². The number of hydrogen-bond acceptors (Lipinski definition) is 3. The summed E-state index contributed by atoms with van der Waals surface area (Å²) in [7, 11) is 1.77. The highest BCUT2D eigenvalue weighted by Gasteiger charge is 2.14. The van der Waals surface area contributed by atoms with Crippen LogP contribution < -0.4 is 10.6 Å². The zero-order valence-electron chi connectivity index (χ0n) is 11.4. The molecule has 20 heavy (non-hydrogen) atoms. The van der Waals surface area contributed by atoms with Crippen LogP contribution in [-0.4, -0.2) is 17.9 Å². The van der Waals surface area contributed by atoms with Crippen LogP contribution in [0.1, 0.15) is 28.9 Å². The lowest BCUT2D eigenvalue weighted by atomic mass is 10.1. The van der Waals surface area contributed by atoms with Crippen molar-refractivity contribution in [1.29, 1.82) is 0 Å². The summed E-state index contributed by atoms with van der Waals surface area (Å²) < 4.78 is 0. The summed E-state index contributed by atoms with van der Waals surface area (Å²) >= 11 is 5.96. The molecule has 0 aliphatic carbocycles. The standard InChI is InChI=1S/C15H16ClN3O/c1-10(11-4-3-5-12(16)8-11)19-15(20)13-9-18-7-6-14(13)17-2/h3-10H,1-2H3,(H,17,18)(H,19,20). The maximum Gasteiger partial charge on any atom is 0.255 e. The zero-order chi connectivity index (χ0) is 14.5. The lowest BCUT2D eigenvalue weighted by molar-refractivity contribution is 0.0940. The van der Waals surface area contributed by atoms with E-state index in [9.17, 15) is 4.79 Å². The number of pyridine rings is 1. The van der Waals surface area contributed by atoms with Gasteiger partial charge in [0, 0.05) is 30.2 Å². The van der Waals surface area contributed by atoms with Gasteiger partial charge >= 0.3 is 0 Å². The first-order valence-corrected chi connectivity index (χ1v) is 6.67. The molecule has 1 amide bonds. The van der Waals surface area contributed by atoms with Crippen molar-refractivity contribution < 1.29 is 4.79 Å². The monoisotopic (exact) mass is 289 g/mol. The molecular weight excluding hydrogens is 274 g/mol. The number of carbonyl (C=O) groups is 1. The molecule has 2 rings (SSSR count). The quantitative estimate of drug-likeness (QED) is 0.908. The third-order valence-electron chi connectivity index (χ3n) is 3.03. The Morgan fingerprint density at radius 1 is 1.35 bits per heavy atom. The molecule has 0 saturated heterocycles. The molecule has 1 aromatic carbocycles. The minimum Gasteiger partial charge on any atom is -0.387 e. The van der Waals surface area contributed by atoms with Gasteiger partial charge in [0.05, 0.1) is 11.6 Å². The van der Waals surface area contributed by atoms with E-state index in [0.29, 0.717) is 10.6 Å². The number of nitrogens with zero attached hydrogens (tertiary/aromatic N) is 1. The average Bonchev–Trinajstić information content (AvgIpc) is 2.47. The fraction of sp³-hybridized carbons (Fsp3) is 0.200. The summed E-state index contributed by atoms with van der Waals surface area (Å²) in [5.41, 5.74) is 2.22. The lowest BCUT2D eigenvalue weighted by Gasteiger charge is -2.16. The van der Waals surface area contributed by atoms with E-state index in [-0.39, 0.29) is 11.9 Å². The predicted octanol–water partition coefficient (Wildman–Crippen LogP) is 3.27. The Kier molecular flexibility index (Phi) is 4.58. The van der Waals surface area contributed by atoms with Crippen molar-refractivity contribution in [2.45, 2.75) is 13.0 Å². The van der Waals surface area contributed by atoms with Gasteiger partial charge in [-0.15, -0.1) is 0 Å². The highest BCUT2D eigenvalue weighted by atomic mass is 35.5. The van der Waals surface area contributed by atoms with Gasteiger partial charge in [-0.2, -0.15) is 0 Å². The summed E-state index contributed by atoms with van der Waals surface area (Å²) in [6.45, 7) is 1.92. The number of rotatable bonds is 4. The normalized spacial score (nSPS) is 11.8. The maximum atomic E-state index is 12.3. The lowest BCUT2D eigenvalue weighted by Crippen LogP contribution is -2.27. The van der Waals surface area contributed by atoms with Crippen LogP contribution in [-0.2, 0) is 0 Å². The van der Waals surface area contributed by atoms with Gasteiger partial charge in [0.25, 0.3) is 5.91 Å². The molecule has 1 heterocycles. The van der Waals surface area contributed by atoms with Gasteiger partial charge in [0.2, 0.25) is 0 Å². The van der Waals surface area contributed by atoms with Gasteiger partial charge in [-0.3, -0.25) is 9.78 Å². The molecule has 0 spiro atoms. The second kappa shape index (κ2) is 6.39. The third kappa shape index (κ3) is 3.27. The fourth-order valence-corrected chi connectivity index (χ4v) is 2.13. The first-order valence-electron chi connectivity index (χ1n) is 6.30. The van der Waals surface area contributed by atoms with Crippen LogP contribution in [0.5, 0.6) is 0 Å². The van der Waals surface area contributed by atoms with Gasteiger partial charge in [-0.05, 0) is 30.7 Å². The minimum absolute atomic E-state index is 0.133. The molecule has 1 atom stereocenters. The molecule has 0 saturated carbocycles. The van der Waals surface area contributed by atoms with Crippen molar-refractivity contribution in [2.75, 3.05) is 12.4 Å². The number of benzene rings is 1. The topological polar surface area (TPSA) is 54.0 Å². The van der Waals surface area contributed by atoms with E-state index < -0.39 is 0 Å². The number of hydrogen-bond donors (Lipinski definition) is 2. The number of carbonyl (C=O) groups excluding carboxylic acids is 1. The molecule has 1 aromatic heterocycles. The summed E-state index contributed by atoms with van der Waals surface area (Å²) in [5, 5.41) is 6.57. The van der Waals surface area contributed by atoms with Crippen LogP contribution in [0.2, 0.25) is 5.02 Å². The predicted molar refractivity (Wildman–Crippen MR) is 81.1 cm³/mol. The number of halogens is 1. The molecule has 1 unspecified atom stereocenters. The summed E-state index contributed by atoms with van der Waals surface area (Å²) in [6, 6.07) is 9.07. The van der Waals surface area contributed by atoms with Gasteiger partial charge < -0.3 is 10.6 Å². The van der Waals surface area contributed by atoms with Crippen molar-refractivity contribution in [3.8, 4) is 0 Å². The van der Waals surface area contributed by atoms with Crippen LogP contribution in [0, 0.1) is 0 Å². The van der Waals surface area contributed by atoms with Crippen molar-refractivity contribution >= 4 is 23.2 Å². The van der Waals surface area contributed by atoms with E-state index in [1.807, 2.05) is 25.1 Å². The second-order valence-corrected chi connectivity index (χ2v) is 4.86. The molecule has 0 fully saturated rings. The van der Waals surface area contributed by atoms with Crippen molar-refractivity contribution in [2.24, 2.45) is 0 Å². The molecule has 0 radical (unpaired) electrons. The Balaban J connectivity index is 2.15. The molecule has 0 aliphatic heterocycles. The molecule has 5 heteroatoms.